The number of unbranched alkanes of at least 4 members (excludes halogenated alkanes) is 2. The molecular formula is C36H44N8O6S. The van der Waals surface area contributed by atoms with Crippen LogP contribution in [0.4, 0.5) is 11.4 Å². The number of nitrogens with one attached hydrogen (secondary N) is 4. The Hall–Kier alpha value is -5.48. The predicted octanol–water partition coefficient (Wildman–Crippen LogP) is 4.61. The van der Waals surface area contributed by atoms with Crippen molar-refractivity contribution in [2.24, 2.45) is 22.2 Å². The van der Waals surface area contributed by atoms with Gasteiger partial charge in [-0.05, 0) is 123 Å². The van der Waals surface area contributed by atoms with Gasteiger partial charge in [-0.15, -0.1) is 0 Å². The summed E-state index contributed by atoms with van der Waals surface area (Å²) in [5.41, 5.74) is 23.0. The topological polar surface area (TPSA) is 225 Å². The number of amides is 2. The Morgan fingerprint density at radius 1 is 0.588 bits per heavy atom. The van der Waals surface area contributed by atoms with E-state index in [0.29, 0.717) is 73.3 Å². The molecule has 0 aliphatic carbocycles. The molecule has 4 aromatic rings. The zero-order valence-electron chi connectivity index (χ0n) is 28.1. The van der Waals surface area contributed by atoms with E-state index in [1.54, 1.807) is 72.8 Å². The third kappa shape index (κ3) is 13.1. The Labute approximate surface area is 297 Å². The summed E-state index contributed by atoms with van der Waals surface area (Å²) < 4.78 is 38.3. The largest absolute Gasteiger partial charge is 0.457 e. The number of benzene rings is 4. The molecule has 4 rings (SSSR count). The zero-order chi connectivity index (χ0) is 36.5. The summed E-state index contributed by atoms with van der Waals surface area (Å²) in [6.45, 7) is 1.55. The Bertz CT molecular complexity index is 1830. The van der Waals surface area contributed by atoms with Crippen molar-refractivity contribution in [3.05, 3.63) is 97.1 Å². The number of hydrogen-bond donors (Lipinski definition) is 7. The second-order valence-corrected chi connectivity index (χ2v) is 13.3. The lowest BCUT2D eigenvalue weighted by Gasteiger charge is -2.10. The van der Waals surface area contributed by atoms with Gasteiger partial charge >= 0.3 is 0 Å². The molecule has 14 nitrogen and oxygen atoms in total. The van der Waals surface area contributed by atoms with Gasteiger partial charge < -0.3 is 37.3 Å². The number of hydrogen-bond acceptors (Lipinski definition) is 10. The molecule has 0 aliphatic heterocycles. The second-order valence-electron chi connectivity index (χ2n) is 11.3. The number of carbonyl (C=O) groups is 2. The first kappa shape index (κ1) is 38.3. The Balaban J connectivity index is 1.23. The third-order valence-electron chi connectivity index (χ3n) is 7.30. The molecule has 10 N–H and O–H groups in total. The van der Waals surface area contributed by atoms with Crippen molar-refractivity contribution in [3.63, 3.8) is 0 Å². The summed E-state index contributed by atoms with van der Waals surface area (Å²) in [5.74, 6) is 1.80. The van der Waals surface area contributed by atoms with E-state index >= 15 is 0 Å². The molecule has 0 saturated heterocycles. The van der Waals surface area contributed by atoms with Crippen molar-refractivity contribution in [3.8, 4) is 23.0 Å². The molecule has 51 heavy (non-hydrogen) atoms. The maximum absolute atomic E-state index is 13.3. The maximum Gasteiger partial charge on any atom is 0.224 e. The van der Waals surface area contributed by atoms with Crippen LogP contribution in [0.15, 0.2) is 112 Å². The quantitative estimate of drug-likeness (QED) is 0.0220. The second kappa shape index (κ2) is 19.6. The van der Waals surface area contributed by atoms with Crippen molar-refractivity contribution >= 4 is 39.0 Å². The summed E-state index contributed by atoms with van der Waals surface area (Å²) in [6, 6.07) is 26.0. The fourth-order valence-corrected chi connectivity index (χ4v) is 5.97. The van der Waals surface area contributed by atoms with Crippen LogP contribution in [0.5, 0.6) is 23.0 Å². The van der Waals surface area contributed by atoms with Crippen LogP contribution in [0, 0.1) is 0 Å². The SMILES string of the molecule is NCNNCCCCC(=O)Nc1ccc(Oc2ccc(S(=O)(=O)c3ccc(Oc4ccc(NC(=O)CCCCN=C(N)N)cc4)cc3)cc2)cc1. The summed E-state index contributed by atoms with van der Waals surface area (Å²) >= 11 is 0. The minimum Gasteiger partial charge on any atom is -0.457 e. The van der Waals surface area contributed by atoms with Gasteiger partial charge in [-0.1, -0.05) is 0 Å². The van der Waals surface area contributed by atoms with Gasteiger partial charge in [-0.3, -0.25) is 20.0 Å². The predicted molar refractivity (Wildman–Crippen MR) is 197 cm³/mol. The Kier molecular flexibility index (Phi) is 14.8. The first-order valence-corrected chi connectivity index (χ1v) is 17.9. The van der Waals surface area contributed by atoms with E-state index in [1.807, 2.05) is 0 Å². The molecule has 0 atom stereocenters. The lowest BCUT2D eigenvalue weighted by Crippen LogP contribution is -2.36. The average molecular weight is 717 g/mol. The summed E-state index contributed by atoms with van der Waals surface area (Å²) in [6.07, 6.45) is 3.68. The van der Waals surface area contributed by atoms with Gasteiger partial charge in [0.2, 0.25) is 21.7 Å². The van der Waals surface area contributed by atoms with Crippen LogP contribution in [-0.2, 0) is 19.4 Å². The molecule has 0 heterocycles. The molecule has 0 saturated carbocycles. The highest BCUT2D eigenvalue weighted by Crippen LogP contribution is 2.29. The molecular weight excluding hydrogens is 673 g/mol. The van der Waals surface area contributed by atoms with Gasteiger partial charge in [0.1, 0.15) is 23.0 Å². The minimum atomic E-state index is -3.80. The molecule has 0 fully saturated rings. The number of nitrogens with zero attached hydrogens (tertiary/aromatic N) is 1. The van der Waals surface area contributed by atoms with E-state index in [2.05, 4.69) is 26.5 Å². The lowest BCUT2D eigenvalue weighted by molar-refractivity contribution is -0.117. The van der Waals surface area contributed by atoms with Crippen molar-refractivity contribution in [2.75, 3.05) is 30.4 Å². The number of aliphatic imine (C=N–C) groups is 1. The monoisotopic (exact) mass is 716 g/mol. The van der Waals surface area contributed by atoms with E-state index in [1.165, 1.54) is 24.3 Å². The number of sulfone groups is 1. The van der Waals surface area contributed by atoms with Gasteiger partial charge in [0.05, 0.1) is 16.5 Å². The Morgan fingerprint density at radius 2 is 1.00 bits per heavy atom. The highest BCUT2D eigenvalue weighted by atomic mass is 32.2. The number of anilines is 2. The smallest absolute Gasteiger partial charge is 0.224 e. The van der Waals surface area contributed by atoms with Crippen LogP contribution in [0.1, 0.15) is 38.5 Å². The number of rotatable bonds is 20. The third-order valence-corrected chi connectivity index (χ3v) is 9.09. The summed E-state index contributed by atoms with van der Waals surface area (Å²) in [7, 11) is -3.80. The molecule has 0 aromatic heterocycles. The van der Waals surface area contributed by atoms with Crippen molar-refractivity contribution in [1.82, 2.24) is 10.9 Å². The first-order chi connectivity index (χ1) is 24.6. The highest BCUT2D eigenvalue weighted by Gasteiger charge is 2.18. The van der Waals surface area contributed by atoms with Crippen molar-refractivity contribution in [1.29, 1.82) is 0 Å². The molecule has 0 unspecified atom stereocenters. The van der Waals surface area contributed by atoms with Crippen molar-refractivity contribution < 1.29 is 27.5 Å². The summed E-state index contributed by atoms with van der Waals surface area (Å²) in [5, 5.41) is 5.70. The first-order valence-electron chi connectivity index (χ1n) is 16.4. The minimum absolute atomic E-state index is 0.0367. The molecule has 270 valence electrons. The molecule has 2 amide bonds. The van der Waals surface area contributed by atoms with Gasteiger partial charge in [-0.2, -0.15) is 0 Å². The molecule has 4 aromatic carbocycles. The van der Waals surface area contributed by atoms with E-state index < -0.39 is 9.84 Å². The number of hydrazine groups is 1. The molecule has 0 aliphatic rings. The van der Waals surface area contributed by atoms with Gasteiger partial charge in [0, 0.05) is 37.3 Å². The van der Waals surface area contributed by atoms with Crippen LogP contribution >= 0.6 is 0 Å². The molecule has 0 bridgehead atoms. The maximum atomic E-state index is 13.3. The van der Waals surface area contributed by atoms with E-state index in [-0.39, 0.29) is 27.6 Å². The number of guanidine groups is 1. The molecule has 0 radical (unpaired) electrons. The normalized spacial score (nSPS) is 11.0. The fraction of sp³-hybridized carbons (Fsp3) is 0.250. The van der Waals surface area contributed by atoms with Crippen LogP contribution < -0.4 is 48.2 Å². The summed E-state index contributed by atoms with van der Waals surface area (Å²) in [4.78, 5) is 28.5. The standard InChI is InChI=1S/C36H44N8O6S/c37-25-42-41-24-4-2-6-35(46)44-27-9-13-29(14-10-27)50-31-17-21-33(22-18-31)51(47,48)32-19-15-30(16-20-32)49-28-11-7-26(8-12-28)43-34(45)5-1-3-23-40-36(38)39/h7-22,41-42H,1-6,23-25,37H2,(H,43,45)(H,44,46)(H4,38,39,40). The highest BCUT2D eigenvalue weighted by molar-refractivity contribution is 7.91. The lowest BCUT2D eigenvalue weighted by atomic mass is 10.2. The average Bonchev–Trinajstić information content (AvgIpc) is 3.11. The zero-order valence-corrected chi connectivity index (χ0v) is 29.0. The van der Waals surface area contributed by atoms with Crippen LogP contribution in [0.3, 0.4) is 0 Å². The van der Waals surface area contributed by atoms with Gasteiger partial charge in [0.25, 0.3) is 0 Å². The fourth-order valence-electron chi connectivity index (χ4n) is 4.71. The van der Waals surface area contributed by atoms with Gasteiger partial charge in [-0.25, -0.2) is 13.8 Å². The van der Waals surface area contributed by atoms with Crippen LogP contribution in [0.2, 0.25) is 0 Å². The molecule has 0 spiro atoms. The van der Waals surface area contributed by atoms with Crippen LogP contribution in [0.25, 0.3) is 0 Å². The Morgan fingerprint density at radius 3 is 1.41 bits per heavy atom. The van der Waals surface area contributed by atoms with E-state index in [0.717, 1.165) is 19.4 Å². The van der Waals surface area contributed by atoms with E-state index in [9.17, 15) is 18.0 Å². The van der Waals surface area contributed by atoms with Gasteiger partial charge in [0.15, 0.2) is 5.96 Å². The number of nitrogens with two attached hydrogens (primary N) is 3. The molecule has 15 heteroatoms. The number of ether oxygens (including phenoxy) is 2. The van der Waals surface area contributed by atoms with Crippen molar-refractivity contribution in [2.45, 2.75) is 48.3 Å². The van der Waals surface area contributed by atoms with Crippen LogP contribution in [-0.4, -0.2) is 45.9 Å². The number of carbonyl (C=O) groups excluding carboxylic acids is 2. The van der Waals surface area contributed by atoms with E-state index in [4.69, 9.17) is 26.7 Å².